The molecule has 0 fully saturated rings. The number of alkyl halides is 1. The van der Waals surface area contributed by atoms with Gasteiger partial charge in [0.25, 0.3) is 0 Å². The van der Waals surface area contributed by atoms with Gasteiger partial charge in [0.2, 0.25) is 0 Å². The molecule has 0 spiro atoms. The highest BCUT2D eigenvalue weighted by Gasteiger charge is 1.98. The second-order valence-corrected chi connectivity index (χ2v) is 3.78. The van der Waals surface area contributed by atoms with Gasteiger partial charge in [0.1, 0.15) is 0 Å². The molecule has 1 rings (SSSR count). The van der Waals surface area contributed by atoms with Gasteiger partial charge in [-0.15, -0.1) is 22.9 Å². The zero-order valence-corrected chi connectivity index (χ0v) is 8.17. The van der Waals surface area contributed by atoms with Crippen LogP contribution >= 0.6 is 22.9 Å². The molecular formula is C8H10ClNS. The third-order valence-corrected chi connectivity index (χ3v) is 2.51. The maximum absolute atomic E-state index is 5.51. The van der Waals surface area contributed by atoms with Crippen molar-refractivity contribution in [1.29, 1.82) is 0 Å². The van der Waals surface area contributed by atoms with E-state index in [9.17, 15) is 0 Å². The molecule has 0 radical (unpaired) electrons. The Morgan fingerprint density at radius 1 is 1.55 bits per heavy atom. The number of thiazole rings is 1. The Bertz CT molecular complexity index is 265. The lowest BCUT2D eigenvalue weighted by molar-refractivity contribution is 1.20. The lowest BCUT2D eigenvalue weighted by Crippen LogP contribution is -1.73. The molecular weight excluding hydrogens is 178 g/mol. The Balaban J connectivity index is 2.85. The molecule has 0 unspecified atom stereocenters. The lowest BCUT2D eigenvalue weighted by atomic mass is 10.4. The van der Waals surface area contributed by atoms with Gasteiger partial charge in [0.05, 0.1) is 10.7 Å². The predicted molar refractivity (Wildman–Crippen MR) is 51.3 cm³/mol. The topological polar surface area (TPSA) is 12.9 Å². The summed E-state index contributed by atoms with van der Waals surface area (Å²) in [6.07, 6.45) is 3.95. The SMILES string of the molecule is Cc1nc(C)c(/C=C/CCl)s1. The Hall–Kier alpha value is -0.340. The number of allylic oxidation sites excluding steroid dienone is 1. The zero-order valence-electron chi connectivity index (χ0n) is 6.60. The maximum atomic E-state index is 5.51. The molecule has 0 saturated heterocycles. The van der Waals surface area contributed by atoms with Gasteiger partial charge in [-0.3, -0.25) is 0 Å². The van der Waals surface area contributed by atoms with Crippen molar-refractivity contribution in [2.45, 2.75) is 13.8 Å². The molecule has 0 N–H and O–H groups in total. The number of hydrogen-bond donors (Lipinski definition) is 0. The van der Waals surface area contributed by atoms with Crippen LogP contribution in [0.3, 0.4) is 0 Å². The molecule has 0 aromatic carbocycles. The summed E-state index contributed by atoms with van der Waals surface area (Å²) < 4.78 is 0. The van der Waals surface area contributed by atoms with Crippen LogP contribution in [0.1, 0.15) is 15.6 Å². The van der Waals surface area contributed by atoms with Crippen LogP contribution in [0.2, 0.25) is 0 Å². The summed E-state index contributed by atoms with van der Waals surface area (Å²) >= 11 is 7.21. The normalized spacial score (nSPS) is 11.2. The van der Waals surface area contributed by atoms with Crippen LogP contribution in [0.25, 0.3) is 6.08 Å². The van der Waals surface area contributed by atoms with Gasteiger partial charge in [0.15, 0.2) is 0 Å². The van der Waals surface area contributed by atoms with Gasteiger partial charge < -0.3 is 0 Å². The Labute approximate surface area is 75.7 Å². The van der Waals surface area contributed by atoms with E-state index in [1.165, 1.54) is 4.88 Å². The van der Waals surface area contributed by atoms with Crippen molar-refractivity contribution >= 4 is 29.0 Å². The van der Waals surface area contributed by atoms with Crippen molar-refractivity contribution in [2.75, 3.05) is 5.88 Å². The first-order valence-corrected chi connectivity index (χ1v) is 4.75. The third-order valence-electron chi connectivity index (χ3n) is 1.30. The van der Waals surface area contributed by atoms with Crippen LogP contribution < -0.4 is 0 Å². The number of halogens is 1. The fourth-order valence-corrected chi connectivity index (χ4v) is 1.80. The van der Waals surface area contributed by atoms with E-state index >= 15 is 0 Å². The van der Waals surface area contributed by atoms with E-state index in [0.717, 1.165) is 10.7 Å². The lowest BCUT2D eigenvalue weighted by Gasteiger charge is -1.84. The van der Waals surface area contributed by atoms with E-state index in [0.29, 0.717) is 5.88 Å². The molecule has 1 nitrogen and oxygen atoms in total. The summed E-state index contributed by atoms with van der Waals surface area (Å²) in [5, 5.41) is 1.11. The average molecular weight is 188 g/mol. The highest BCUT2D eigenvalue weighted by atomic mass is 35.5. The molecule has 0 aliphatic carbocycles. The molecule has 1 aromatic heterocycles. The smallest absolute Gasteiger partial charge is 0.0903 e. The minimum absolute atomic E-state index is 0.566. The van der Waals surface area contributed by atoms with Gasteiger partial charge in [-0.1, -0.05) is 6.08 Å². The summed E-state index contributed by atoms with van der Waals surface area (Å²) in [4.78, 5) is 5.50. The van der Waals surface area contributed by atoms with E-state index in [-0.39, 0.29) is 0 Å². The molecule has 0 amide bonds. The fourth-order valence-electron chi connectivity index (χ4n) is 0.853. The van der Waals surface area contributed by atoms with Crippen molar-refractivity contribution in [3.8, 4) is 0 Å². The first-order chi connectivity index (χ1) is 5.24. The van der Waals surface area contributed by atoms with E-state index < -0.39 is 0 Å². The second-order valence-electron chi connectivity index (χ2n) is 2.24. The van der Waals surface area contributed by atoms with E-state index in [1.54, 1.807) is 11.3 Å². The minimum atomic E-state index is 0.566. The Morgan fingerprint density at radius 2 is 2.27 bits per heavy atom. The number of hydrogen-bond acceptors (Lipinski definition) is 2. The summed E-state index contributed by atoms with van der Waals surface area (Å²) in [6.45, 7) is 4.02. The van der Waals surface area contributed by atoms with Crippen LogP contribution in [0.5, 0.6) is 0 Å². The second kappa shape index (κ2) is 3.88. The van der Waals surface area contributed by atoms with E-state index in [4.69, 9.17) is 11.6 Å². The van der Waals surface area contributed by atoms with Crippen LogP contribution in [0.15, 0.2) is 6.08 Å². The van der Waals surface area contributed by atoms with Crippen molar-refractivity contribution in [2.24, 2.45) is 0 Å². The number of nitrogens with zero attached hydrogens (tertiary/aromatic N) is 1. The summed E-state index contributed by atoms with van der Waals surface area (Å²) in [5.74, 6) is 0.566. The van der Waals surface area contributed by atoms with Gasteiger partial charge in [-0.05, 0) is 19.9 Å². The summed E-state index contributed by atoms with van der Waals surface area (Å²) in [7, 11) is 0. The monoisotopic (exact) mass is 187 g/mol. The average Bonchev–Trinajstić information content (AvgIpc) is 2.26. The van der Waals surface area contributed by atoms with E-state index in [1.807, 2.05) is 26.0 Å². The van der Waals surface area contributed by atoms with Crippen LogP contribution in [0, 0.1) is 13.8 Å². The third kappa shape index (κ3) is 2.31. The Kier molecular flexibility index (Phi) is 3.09. The standard InChI is InChI=1S/C8H10ClNS/c1-6-8(4-3-5-9)11-7(2)10-6/h3-4H,5H2,1-2H3/b4-3+. The Morgan fingerprint density at radius 3 is 2.73 bits per heavy atom. The number of aryl methyl sites for hydroxylation is 2. The minimum Gasteiger partial charge on any atom is -0.246 e. The number of aromatic nitrogens is 1. The molecule has 0 aliphatic rings. The largest absolute Gasteiger partial charge is 0.246 e. The van der Waals surface area contributed by atoms with E-state index in [2.05, 4.69) is 4.98 Å². The molecule has 1 heterocycles. The maximum Gasteiger partial charge on any atom is 0.0903 e. The molecule has 0 aliphatic heterocycles. The van der Waals surface area contributed by atoms with Gasteiger partial charge >= 0.3 is 0 Å². The fraction of sp³-hybridized carbons (Fsp3) is 0.375. The zero-order chi connectivity index (χ0) is 8.27. The van der Waals surface area contributed by atoms with Crippen LogP contribution in [-0.2, 0) is 0 Å². The summed E-state index contributed by atoms with van der Waals surface area (Å²) in [6, 6.07) is 0. The van der Waals surface area contributed by atoms with Crippen molar-refractivity contribution in [3.63, 3.8) is 0 Å². The summed E-state index contributed by atoms with van der Waals surface area (Å²) in [5.41, 5.74) is 1.09. The van der Waals surface area contributed by atoms with Crippen LogP contribution in [-0.4, -0.2) is 10.9 Å². The highest BCUT2D eigenvalue weighted by molar-refractivity contribution is 7.12. The quantitative estimate of drug-likeness (QED) is 0.649. The van der Waals surface area contributed by atoms with Crippen LogP contribution in [0.4, 0.5) is 0 Å². The van der Waals surface area contributed by atoms with Gasteiger partial charge in [-0.2, -0.15) is 0 Å². The molecule has 0 saturated carbocycles. The molecule has 60 valence electrons. The highest BCUT2D eigenvalue weighted by Crippen LogP contribution is 2.18. The van der Waals surface area contributed by atoms with Crippen molar-refractivity contribution < 1.29 is 0 Å². The molecule has 3 heteroatoms. The molecule has 1 aromatic rings. The molecule has 0 atom stereocenters. The van der Waals surface area contributed by atoms with Gasteiger partial charge in [0, 0.05) is 10.8 Å². The van der Waals surface area contributed by atoms with Gasteiger partial charge in [-0.25, -0.2) is 4.98 Å². The molecule has 11 heavy (non-hydrogen) atoms. The predicted octanol–water partition coefficient (Wildman–Crippen LogP) is 3.01. The van der Waals surface area contributed by atoms with Crippen molar-refractivity contribution in [1.82, 2.24) is 4.98 Å². The molecule has 0 bridgehead atoms. The first kappa shape index (κ1) is 8.75. The van der Waals surface area contributed by atoms with Crippen molar-refractivity contribution in [3.05, 3.63) is 21.7 Å². The number of rotatable bonds is 2. The first-order valence-electron chi connectivity index (χ1n) is 3.40.